The number of piperidine rings is 3. The monoisotopic (exact) mass is 419 g/mol. The molecule has 4 heterocycles. The second kappa shape index (κ2) is 7.50. The van der Waals surface area contributed by atoms with Gasteiger partial charge in [-0.2, -0.15) is 0 Å². The van der Waals surface area contributed by atoms with Crippen molar-refractivity contribution in [2.24, 2.45) is 5.92 Å². The summed E-state index contributed by atoms with van der Waals surface area (Å²) in [6, 6.07) is 11.6. The highest BCUT2D eigenvalue weighted by atomic mass is 32.2. The first-order valence-electron chi connectivity index (χ1n) is 9.53. The van der Waals surface area contributed by atoms with E-state index in [0.29, 0.717) is 22.5 Å². The van der Waals surface area contributed by atoms with E-state index in [9.17, 15) is 13.2 Å². The van der Waals surface area contributed by atoms with E-state index in [1.165, 1.54) is 11.3 Å². The number of hydrogen-bond acceptors (Lipinski definition) is 5. The summed E-state index contributed by atoms with van der Waals surface area (Å²) in [5.41, 5.74) is 1.40. The molecule has 3 aliphatic heterocycles. The van der Waals surface area contributed by atoms with Crippen molar-refractivity contribution in [1.29, 1.82) is 0 Å². The largest absolute Gasteiger partial charge is 0.347 e. The summed E-state index contributed by atoms with van der Waals surface area (Å²) in [5, 5.41) is 3.26. The maximum Gasteiger partial charge on any atom is 0.261 e. The average molecular weight is 420 g/mol. The van der Waals surface area contributed by atoms with Crippen LogP contribution in [0, 0.1) is 5.92 Å². The molecule has 1 amide bonds. The minimum Gasteiger partial charge on any atom is -0.347 e. The number of nitrogens with zero attached hydrogens (tertiary/aromatic N) is 1. The first kappa shape index (κ1) is 19.4. The second-order valence-corrected chi connectivity index (χ2v) is 10.6. The quantitative estimate of drug-likeness (QED) is 0.781. The molecule has 2 N–H and O–H groups in total. The zero-order valence-electron chi connectivity index (χ0n) is 16.0. The Balaban J connectivity index is 1.48. The molecule has 2 aromatic rings. The van der Waals surface area contributed by atoms with E-state index in [4.69, 9.17) is 0 Å². The molecular formula is C20H25N3O3S2. The Bertz CT molecular complexity index is 976. The van der Waals surface area contributed by atoms with Crippen molar-refractivity contribution in [2.45, 2.75) is 31.8 Å². The fourth-order valence-electron chi connectivity index (χ4n) is 4.33. The summed E-state index contributed by atoms with van der Waals surface area (Å²) in [6.07, 6.45) is 3.44. The van der Waals surface area contributed by atoms with Crippen molar-refractivity contribution in [2.75, 3.05) is 24.1 Å². The number of amides is 1. The lowest BCUT2D eigenvalue weighted by molar-refractivity contribution is 0.0218. The lowest BCUT2D eigenvalue weighted by Crippen LogP contribution is -2.62. The Morgan fingerprint density at radius 2 is 1.93 bits per heavy atom. The number of nitrogens with one attached hydrogen (secondary N) is 2. The van der Waals surface area contributed by atoms with E-state index in [1.54, 1.807) is 18.2 Å². The molecule has 8 heteroatoms. The third-order valence-corrected chi connectivity index (χ3v) is 7.50. The normalized spacial score (nSPS) is 26.8. The summed E-state index contributed by atoms with van der Waals surface area (Å²) in [5.74, 6) is 0.550. The molecule has 0 unspecified atom stereocenters. The predicted octanol–water partition coefficient (Wildman–Crippen LogP) is 3.00. The molecule has 6 nitrogen and oxygen atoms in total. The summed E-state index contributed by atoms with van der Waals surface area (Å²) in [6.45, 7) is 4.48. The Kier molecular flexibility index (Phi) is 5.20. The van der Waals surface area contributed by atoms with Crippen LogP contribution in [0.5, 0.6) is 0 Å². The van der Waals surface area contributed by atoms with Gasteiger partial charge < -0.3 is 5.32 Å². The van der Waals surface area contributed by atoms with Crippen LogP contribution in [0.25, 0.3) is 10.4 Å². The Morgan fingerprint density at radius 3 is 2.61 bits per heavy atom. The van der Waals surface area contributed by atoms with E-state index >= 15 is 0 Å². The van der Waals surface area contributed by atoms with Crippen LogP contribution in [0.3, 0.4) is 0 Å². The lowest BCUT2D eigenvalue weighted by Gasteiger charge is -2.49. The average Bonchev–Trinajstić information content (AvgIpc) is 3.14. The minimum absolute atomic E-state index is 0.0211. The smallest absolute Gasteiger partial charge is 0.261 e. The zero-order chi connectivity index (χ0) is 19.9. The molecule has 1 aromatic heterocycles. The van der Waals surface area contributed by atoms with Gasteiger partial charge in [0.2, 0.25) is 10.0 Å². The van der Waals surface area contributed by atoms with Crippen LogP contribution >= 0.6 is 11.3 Å². The lowest BCUT2D eigenvalue weighted by atomic mass is 9.79. The summed E-state index contributed by atoms with van der Waals surface area (Å²) in [4.78, 5) is 16.9. The molecular weight excluding hydrogens is 394 g/mol. The number of hydrogen-bond donors (Lipinski definition) is 2. The minimum atomic E-state index is -3.32. The maximum atomic E-state index is 12.8. The van der Waals surface area contributed by atoms with E-state index in [-0.39, 0.29) is 11.9 Å². The number of thiophene rings is 1. The summed E-state index contributed by atoms with van der Waals surface area (Å²) < 4.78 is 25.4. The number of sulfonamides is 1. The van der Waals surface area contributed by atoms with Gasteiger partial charge in [0.1, 0.15) is 0 Å². The number of fused-ring (bicyclic) bond motifs is 3. The van der Waals surface area contributed by atoms with Crippen LogP contribution in [-0.2, 0) is 10.0 Å². The van der Waals surface area contributed by atoms with Gasteiger partial charge >= 0.3 is 0 Å². The first-order chi connectivity index (χ1) is 13.3. The number of benzene rings is 1. The van der Waals surface area contributed by atoms with Crippen LogP contribution < -0.4 is 10.0 Å². The summed E-state index contributed by atoms with van der Waals surface area (Å²) >= 11 is 1.43. The van der Waals surface area contributed by atoms with Crippen molar-refractivity contribution >= 4 is 33.0 Å². The van der Waals surface area contributed by atoms with Crippen LogP contribution in [0.1, 0.15) is 29.4 Å². The third-order valence-electron chi connectivity index (χ3n) is 5.76. The van der Waals surface area contributed by atoms with Crippen molar-refractivity contribution in [3.05, 3.63) is 41.3 Å². The van der Waals surface area contributed by atoms with Crippen LogP contribution in [0.4, 0.5) is 5.69 Å². The van der Waals surface area contributed by atoms with E-state index < -0.39 is 10.0 Å². The van der Waals surface area contributed by atoms with Gasteiger partial charge in [-0.25, -0.2) is 8.42 Å². The van der Waals surface area contributed by atoms with Crippen LogP contribution in [0.15, 0.2) is 36.4 Å². The Morgan fingerprint density at radius 1 is 1.18 bits per heavy atom. The number of anilines is 1. The Hall–Kier alpha value is -1.90. The first-order valence-corrected chi connectivity index (χ1v) is 12.2. The van der Waals surface area contributed by atoms with Crippen LogP contribution in [0.2, 0.25) is 0 Å². The number of carbonyl (C=O) groups is 1. The van der Waals surface area contributed by atoms with Crippen molar-refractivity contribution in [3.63, 3.8) is 0 Å². The van der Waals surface area contributed by atoms with Gasteiger partial charge in [-0.05, 0) is 68.6 Å². The highest BCUT2D eigenvalue weighted by molar-refractivity contribution is 7.92. The van der Waals surface area contributed by atoms with Gasteiger partial charge in [0.05, 0.1) is 11.1 Å². The van der Waals surface area contributed by atoms with Gasteiger partial charge in [0.15, 0.2) is 0 Å². The fraction of sp³-hybridized carbons (Fsp3) is 0.450. The van der Waals surface area contributed by atoms with E-state index in [1.807, 2.05) is 18.2 Å². The molecule has 2 atom stereocenters. The molecule has 5 rings (SSSR count). The predicted molar refractivity (Wildman–Crippen MR) is 113 cm³/mol. The van der Waals surface area contributed by atoms with Crippen LogP contribution in [-0.4, -0.2) is 50.7 Å². The van der Waals surface area contributed by atoms with Gasteiger partial charge in [0, 0.05) is 22.6 Å². The van der Waals surface area contributed by atoms with Crippen molar-refractivity contribution in [3.8, 4) is 10.4 Å². The molecule has 1 aromatic carbocycles. The summed E-state index contributed by atoms with van der Waals surface area (Å²) in [7, 11) is -3.32. The number of carbonyl (C=O) groups excluding carboxylic acids is 1. The molecule has 2 bridgehead atoms. The SMILES string of the molecule is C[C@H]1[C@H](NC(=O)c2ccc(-c3cccc(NS(C)(=O)=O)c3)s2)C2CCN1CC2. The van der Waals surface area contributed by atoms with E-state index in [2.05, 4.69) is 21.9 Å². The highest BCUT2D eigenvalue weighted by Gasteiger charge is 2.40. The van der Waals surface area contributed by atoms with Crippen molar-refractivity contribution in [1.82, 2.24) is 10.2 Å². The maximum absolute atomic E-state index is 12.8. The molecule has 3 aliphatic rings. The van der Waals surface area contributed by atoms with Gasteiger partial charge in [-0.3, -0.25) is 14.4 Å². The number of rotatable bonds is 5. The van der Waals surface area contributed by atoms with Gasteiger partial charge in [-0.15, -0.1) is 11.3 Å². The fourth-order valence-corrected chi connectivity index (χ4v) is 5.79. The molecule has 3 saturated heterocycles. The molecule has 0 aliphatic carbocycles. The van der Waals surface area contributed by atoms with E-state index in [0.717, 1.165) is 42.6 Å². The molecule has 3 fully saturated rings. The molecule has 0 saturated carbocycles. The molecule has 0 radical (unpaired) electrons. The highest BCUT2D eigenvalue weighted by Crippen LogP contribution is 2.33. The second-order valence-electron chi connectivity index (χ2n) is 7.73. The van der Waals surface area contributed by atoms with Crippen molar-refractivity contribution < 1.29 is 13.2 Å². The standard InChI is InChI=1S/C20H25N3O3S2/c1-13-19(14-8-10-23(13)11-9-14)21-20(24)18-7-6-17(27-18)15-4-3-5-16(12-15)22-28(2,25)26/h3-7,12-14,19,22H,8-11H2,1-2H3,(H,21,24)/t13-,19-/m0/s1. The van der Waals surface area contributed by atoms with Gasteiger partial charge in [-0.1, -0.05) is 12.1 Å². The topological polar surface area (TPSA) is 78.5 Å². The Labute approximate surface area is 170 Å². The van der Waals surface area contributed by atoms with Gasteiger partial charge in [0.25, 0.3) is 5.91 Å². The third kappa shape index (κ3) is 4.09. The molecule has 150 valence electrons. The zero-order valence-corrected chi connectivity index (χ0v) is 17.6. The molecule has 28 heavy (non-hydrogen) atoms. The molecule has 0 spiro atoms.